The van der Waals surface area contributed by atoms with E-state index < -0.39 is 0 Å². The molecule has 0 spiro atoms. The lowest BCUT2D eigenvalue weighted by molar-refractivity contribution is 0.210. The van der Waals surface area contributed by atoms with Gasteiger partial charge in [0.15, 0.2) is 0 Å². The standard InChI is InChI=1S/C17H27NO/c1-13(2)11-15(12-18)14-7-9-17(10-8-14)19-16-5-3-4-6-16/h7-10,13,15-16H,3-6,11-12,18H2,1-2H3. The first-order valence-electron chi connectivity index (χ1n) is 7.65. The molecule has 0 aliphatic heterocycles. The first-order chi connectivity index (χ1) is 9.19. The Labute approximate surface area is 117 Å². The molecule has 2 N–H and O–H groups in total. The zero-order valence-corrected chi connectivity index (χ0v) is 12.3. The first-order valence-corrected chi connectivity index (χ1v) is 7.65. The van der Waals surface area contributed by atoms with Gasteiger partial charge in [0.2, 0.25) is 0 Å². The largest absolute Gasteiger partial charge is 0.490 e. The average molecular weight is 261 g/mol. The number of benzene rings is 1. The summed E-state index contributed by atoms with van der Waals surface area (Å²) < 4.78 is 5.99. The fraction of sp³-hybridized carbons (Fsp3) is 0.647. The lowest BCUT2D eigenvalue weighted by Gasteiger charge is -2.18. The van der Waals surface area contributed by atoms with Gasteiger partial charge >= 0.3 is 0 Å². The van der Waals surface area contributed by atoms with E-state index >= 15 is 0 Å². The van der Waals surface area contributed by atoms with Gasteiger partial charge < -0.3 is 10.5 Å². The number of hydrogen-bond acceptors (Lipinski definition) is 2. The van der Waals surface area contributed by atoms with E-state index in [9.17, 15) is 0 Å². The number of ether oxygens (including phenoxy) is 1. The number of nitrogens with two attached hydrogens (primary N) is 1. The molecular weight excluding hydrogens is 234 g/mol. The monoisotopic (exact) mass is 261 g/mol. The smallest absolute Gasteiger partial charge is 0.119 e. The quantitative estimate of drug-likeness (QED) is 0.837. The molecule has 2 heteroatoms. The third-order valence-electron chi connectivity index (χ3n) is 4.00. The third kappa shape index (κ3) is 4.24. The van der Waals surface area contributed by atoms with Crippen LogP contribution in [0.5, 0.6) is 5.75 Å². The van der Waals surface area contributed by atoms with Gasteiger partial charge in [-0.3, -0.25) is 0 Å². The van der Waals surface area contributed by atoms with Crippen molar-refractivity contribution in [1.29, 1.82) is 0 Å². The van der Waals surface area contributed by atoms with Crippen LogP contribution in [0.3, 0.4) is 0 Å². The molecule has 1 unspecified atom stereocenters. The third-order valence-corrected chi connectivity index (χ3v) is 4.00. The predicted octanol–water partition coefficient (Wildman–Crippen LogP) is 4.10. The lowest BCUT2D eigenvalue weighted by Crippen LogP contribution is -2.15. The van der Waals surface area contributed by atoms with Crippen LogP contribution in [0.4, 0.5) is 0 Å². The summed E-state index contributed by atoms with van der Waals surface area (Å²) in [7, 11) is 0. The summed E-state index contributed by atoms with van der Waals surface area (Å²) in [5.41, 5.74) is 7.23. The highest BCUT2D eigenvalue weighted by molar-refractivity contribution is 5.30. The Morgan fingerprint density at radius 1 is 1.16 bits per heavy atom. The summed E-state index contributed by atoms with van der Waals surface area (Å²) in [6.45, 7) is 5.22. The predicted molar refractivity (Wildman–Crippen MR) is 80.6 cm³/mol. The minimum absolute atomic E-state index is 0.437. The van der Waals surface area contributed by atoms with Crippen LogP contribution in [0.15, 0.2) is 24.3 Å². The molecule has 1 aliphatic carbocycles. The Morgan fingerprint density at radius 3 is 2.32 bits per heavy atom. The van der Waals surface area contributed by atoms with Crippen LogP contribution in [-0.4, -0.2) is 12.6 Å². The highest BCUT2D eigenvalue weighted by Gasteiger charge is 2.17. The Hall–Kier alpha value is -1.02. The van der Waals surface area contributed by atoms with Gasteiger partial charge in [0.25, 0.3) is 0 Å². The van der Waals surface area contributed by atoms with Gasteiger partial charge in [-0.05, 0) is 68.2 Å². The normalized spacial score (nSPS) is 17.9. The van der Waals surface area contributed by atoms with Crippen LogP contribution in [0, 0.1) is 5.92 Å². The topological polar surface area (TPSA) is 35.2 Å². The zero-order chi connectivity index (χ0) is 13.7. The SMILES string of the molecule is CC(C)CC(CN)c1ccc(OC2CCCC2)cc1. The second kappa shape index (κ2) is 6.95. The second-order valence-electron chi connectivity index (χ2n) is 6.16. The van der Waals surface area contributed by atoms with E-state index in [1.165, 1.54) is 31.2 Å². The van der Waals surface area contributed by atoms with Gasteiger partial charge in [0.1, 0.15) is 5.75 Å². The summed E-state index contributed by atoms with van der Waals surface area (Å²) in [6.07, 6.45) is 6.63. The summed E-state index contributed by atoms with van der Waals surface area (Å²) in [4.78, 5) is 0. The Balaban J connectivity index is 1.96. The maximum Gasteiger partial charge on any atom is 0.119 e. The van der Waals surface area contributed by atoms with E-state index in [4.69, 9.17) is 10.5 Å². The molecule has 1 atom stereocenters. The summed E-state index contributed by atoms with van der Waals surface area (Å²) >= 11 is 0. The molecule has 19 heavy (non-hydrogen) atoms. The molecule has 1 fully saturated rings. The van der Waals surface area contributed by atoms with Crippen molar-refractivity contribution >= 4 is 0 Å². The molecule has 2 nitrogen and oxygen atoms in total. The minimum atomic E-state index is 0.437. The van der Waals surface area contributed by atoms with Crippen LogP contribution in [0.2, 0.25) is 0 Å². The van der Waals surface area contributed by atoms with Crippen molar-refractivity contribution in [2.24, 2.45) is 11.7 Å². The van der Waals surface area contributed by atoms with Crippen molar-refractivity contribution in [3.05, 3.63) is 29.8 Å². The molecule has 0 heterocycles. The van der Waals surface area contributed by atoms with Crippen LogP contribution in [0.1, 0.15) is 57.4 Å². The van der Waals surface area contributed by atoms with Gasteiger partial charge in [-0.2, -0.15) is 0 Å². The molecule has 1 aromatic carbocycles. The molecule has 1 saturated carbocycles. The van der Waals surface area contributed by atoms with E-state index in [1.54, 1.807) is 0 Å². The van der Waals surface area contributed by atoms with Crippen LogP contribution in [0.25, 0.3) is 0 Å². The molecule has 0 amide bonds. The second-order valence-corrected chi connectivity index (χ2v) is 6.16. The molecule has 2 rings (SSSR count). The maximum absolute atomic E-state index is 5.99. The first kappa shape index (κ1) is 14.4. The van der Waals surface area contributed by atoms with Crippen molar-refractivity contribution in [2.45, 2.75) is 58.0 Å². The average Bonchev–Trinajstić information content (AvgIpc) is 2.90. The molecule has 0 saturated heterocycles. The molecule has 1 aromatic rings. The lowest BCUT2D eigenvalue weighted by atomic mass is 9.90. The molecule has 0 radical (unpaired) electrons. The number of rotatable bonds is 6. The van der Waals surface area contributed by atoms with E-state index in [-0.39, 0.29) is 0 Å². The molecule has 106 valence electrons. The Kier molecular flexibility index (Phi) is 5.26. The van der Waals surface area contributed by atoms with Gasteiger partial charge in [0.05, 0.1) is 6.10 Å². The minimum Gasteiger partial charge on any atom is -0.490 e. The van der Waals surface area contributed by atoms with Gasteiger partial charge in [-0.1, -0.05) is 26.0 Å². The van der Waals surface area contributed by atoms with E-state index in [2.05, 4.69) is 38.1 Å². The number of hydrogen-bond donors (Lipinski definition) is 1. The highest BCUT2D eigenvalue weighted by atomic mass is 16.5. The molecule has 0 bridgehead atoms. The van der Waals surface area contributed by atoms with Crippen LogP contribution >= 0.6 is 0 Å². The van der Waals surface area contributed by atoms with Crippen molar-refractivity contribution in [1.82, 2.24) is 0 Å². The summed E-state index contributed by atoms with van der Waals surface area (Å²) in [6, 6.07) is 8.58. The highest BCUT2D eigenvalue weighted by Crippen LogP contribution is 2.27. The Bertz CT molecular complexity index is 365. The Morgan fingerprint density at radius 2 is 1.79 bits per heavy atom. The fourth-order valence-electron chi connectivity index (χ4n) is 2.95. The van der Waals surface area contributed by atoms with Crippen molar-refractivity contribution < 1.29 is 4.74 Å². The van der Waals surface area contributed by atoms with Gasteiger partial charge in [-0.15, -0.1) is 0 Å². The van der Waals surface area contributed by atoms with Crippen molar-refractivity contribution in [2.75, 3.05) is 6.54 Å². The van der Waals surface area contributed by atoms with Crippen molar-refractivity contribution in [3.8, 4) is 5.75 Å². The van der Waals surface area contributed by atoms with E-state index in [1.807, 2.05) is 0 Å². The molecule has 0 aromatic heterocycles. The molecular formula is C17H27NO. The molecule has 1 aliphatic rings. The summed E-state index contributed by atoms with van der Waals surface area (Å²) in [5.74, 6) is 2.17. The van der Waals surface area contributed by atoms with E-state index in [0.717, 1.165) is 18.7 Å². The maximum atomic E-state index is 5.99. The van der Waals surface area contributed by atoms with E-state index in [0.29, 0.717) is 17.9 Å². The van der Waals surface area contributed by atoms with Crippen LogP contribution < -0.4 is 10.5 Å². The van der Waals surface area contributed by atoms with Gasteiger partial charge in [0, 0.05) is 0 Å². The summed E-state index contributed by atoms with van der Waals surface area (Å²) in [5, 5.41) is 0. The van der Waals surface area contributed by atoms with Crippen LogP contribution in [-0.2, 0) is 0 Å². The zero-order valence-electron chi connectivity index (χ0n) is 12.3. The fourth-order valence-corrected chi connectivity index (χ4v) is 2.95. The van der Waals surface area contributed by atoms with Gasteiger partial charge in [-0.25, -0.2) is 0 Å². The van der Waals surface area contributed by atoms with Crippen molar-refractivity contribution in [3.63, 3.8) is 0 Å².